The van der Waals surface area contributed by atoms with Crippen LogP contribution in [-0.2, 0) is 6.54 Å². The first-order valence-electron chi connectivity index (χ1n) is 8.71. The molecule has 0 spiro atoms. The largest absolute Gasteiger partial charge is 0.368 e. The fourth-order valence-electron chi connectivity index (χ4n) is 3.10. The Morgan fingerprint density at radius 2 is 2.32 bits per heavy atom. The maximum absolute atomic E-state index is 12.6. The first-order valence-corrected chi connectivity index (χ1v) is 9.59. The van der Waals surface area contributed by atoms with Crippen molar-refractivity contribution >= 4 is 23.2 Å². The van der Waals surface area contributed by atoms with Gasteiger partial charge in [-0.25, -0.2) is 9.97 Å². The second kappa shape index (κ2) is 7.93. The number of likely N-dealkylation sites (tertiary alicyclic amines) is 1. The fraction of sp³-hybridized carbons (Fsp3) is 0.500. The van der Waals surface area contributed by atoms with Gasteiger partial charge in [0.05, 0.1) is 0 Å². The van der Waals surface area contributed by atoms with Crippen molar-refractivity contribution < 1.29 is 4.79 Å². The number of nitrogens with one attached hydrogen (secondary N) is 1. The van der Waals surface area contributed by atoms with Gasteiger partial charge in [0, 0.05) is 29.7 Å². The topological polar surface area (TPSA) is 84.1 Å². The molecule has 1 aliphatic rings. The van der Waals surface area contributed by atoms with Gasteiger partial charge in [0.1, 0.15) is 5.69 Å². The Morgan fingerprint density at radius 1 is 1.48 bits per heavy atom. The molecular formula is C18H25N5OS. The Hall–Kier alpha value is -1.99. The number of carbonyl (C=O) groups is 1. The van der Waals surface area contributed by atoms with Gasteiger partial charge >= 0.3 is 0 Å². The number of piperidine rings is 1. The molecule has 1 amide bonds. The summed E-state index contributed by atoms with van der Waals surface area (Å²) in [7, 11) is 0. The van der Waals surface area contributed by atoms with Crippen LogP contribution in [0.25, 0.3) is 0 Å². The summed E-state index contributed by atoms with van der Waals surface area (Å²) >= 11 is 1.77. The van der Waals surface area contributed by atoms with E-state index in [1.54, 1.807) is 17.4 Å². The maximum atomic E-state index is 12.6. The number of rotatable bonds is 5. The number of hydrogen-bond donors (Lipinski definition) is 2. The van der Waals surface area contributed by atoms with Crippen LogP contribution in [0.15, 0.2) is 23.6 Å². The standard InChI is InChI=1S/C18H25N5OS/c1-12(2)15-9-16(22-18(19)21-15)17(24)20-13-5-3-7-23(10-13)11-14-6-4-8-25-14/h4,6,8-9,12-13H,3,5,7,10-11H2,1-2H3,(H,20,24)(H2,19,21,22)/t13-/m0/s1. The predicted octanol–water partition coefficient (Wildman–Crippen LogP) is 2.64. The molecule has 0 radical (unpaired) electrons. The molecule has 0 bridgehead atoms. The molecular weight excluding hydrogens is 334 g/mol. The maximum Gasteiger partial charge on any atom is 0.270 e. The highest BCUT2D eigenvalue weighted by molar-refractivity contribution is 7.09. The minimum atomic E-state index is -0.168. The molecule has 1 saturated heterocycles. The molecule has 2 aromatic heterocycles. The molecule has 3 N–H and O–H groups in total. The van der Waals surface area contributed by atoms with Crippen LogP contribution in [0.1, 0.15) is 53.7 Å². The number of nitrogen functional groups attached to an aromatic ring is 1. The zero-order chi connectivity index (χ0) is 17.8. The SMILES string of the molecule is CC(C)c1cc(C(=O)N[C@H]2CCCN(Cc3cccs3)C2)nc(N)n1. The highest BCUT2D eigenvalue weighted by atomic mass is 32.1. The van der Waals surface area contributed by atoms with E-state index in [-0.39, 0.29) is 23.8 Å². The number of carbonyl (C=O) groups excluding carboxylic acids is 1. The van der Waals surface area contributed by atoms with Crippen molar-refractivity contribution in [2.45, 2.75) is 45.2 Å². The molecule has 1 fully saturated rings. The van der Waals surface area contributed by atoms with Gasteiger partial charge in [-0.05, 0) is 42.8 Å². The molecule has 3 rings (SSSR count). The van der Waals surface area contributed by atoms with E-state index in [1.165, 1.54) is 4.88 Å². The van der Waals surface area contributed by atoms with Crippen LogP contribution in [0.3, 0.4) is 0 Å². The van der Waals surface area contributed by atoms with Crippen LogP contribution < -0.4 is 11.1 Å². The van der Waals surface area contributed by atoms with E-state index in [0.717, 1.165) is 38.2 Å². The Labute approximate surface area is 152 Å². The van der Waals surface area contributed by atoms with E-state index in [1.807, 2.05) is 13.8 Å². The Balaban J connectivity index is 1.62. The van der Waals surface area contributed by atoms with Crippen molar-refractivity contribution in [2.24, 2.45) is 0 Å². The molecule has 3 heterocycles. The lowest BCUT2D eigenvalue weighted by atomic mass is 10.0. The van der Waals surface area contributed by atoms with Crippen LogP contribution in [0.2, 0.25) is 0 Å². The summed E-state index contributed by atoms with van der Waals surface area (Å²) in [5, 5.41) is 5.22. The van der Waals surface area contributed by atoms with Crippen molar-refractivity contribution in [3.63, 3.8) is 0 Å². The van der Waals surface area contributed by atoms with E-state index in [9.17, 15) is 4.79 Å². The third-order valence-corrected chi connectivity index (χ3v) is 5.25. The van der Waals surface area contributed by atoms with Crippen molar-refractivity contribution in [2.75, 3.05) is 18.8 Å². The minimum Gasteiger partial charge on any atom is -0.368 e. The first-order chi connectivity index (χ1) is 12.0. The zero-order valence-corrected chi connectivity index (χ0v) is 15.6. The van der Waals surface area contributed by atoms with Crippen LogP contribution in [0.5, 0.6) is 0 Å². The lowest BCUT2D eigenvalue weighted by molar-refractivity contribution is 0.0896. The monoisotopic (exact) mass is 359 g/mol. The number of nitrogens with two attached hydrogens (primary N) is 1. The van der Waals surface area contributed by atoms with Gasteiger partial charge in [-0.3, -0.25) is 9.69 Å². The van der Waals surface area contributed by atoms with E-state index >= 15 is 0 Å². The Bertz CT molecular complexity index is 716. The van der Waals surface area contributed by atoms with Gasteiger partial charge in [0.15, 0.2) is 0 Å². The minimum absolute atomic E-state index is 0.139. The first kappa shape index (κ1) is 17.8. The van der Waals surface area contributed by atoms with Gasteiger partial charge in [-0.2, -0.15) is 0 Å². The van der Waals surface area contributed by atoms with Crippen molar-refractivity contribution in [1.29, 1.82) is 0 Å². The third kappa shape index (κ3) is 4.76. The summed E-state index contributed by atoms with van der Waals surface area (Å²) in [6, 6.07) is 6.11. The summed E-state index contributed by atoms with van der Waals surface area (Å²) in [5.74, 6) is 0.186. The van der Waals surface area contributed by atoms with Crippen molar-refractivity contribution in [1.82, 2.24) is 20.2 Å². The van der Waals surface area contributed by atoms with Gasteiger partial charge in [0.25, 0.3) is 5.91 Å². The highest BCUT2D eigenvalue weighted by Gasteiger charge is 2.23. The summed E-state index contributed by atoms with van der Waals surface area (Å²) in [6.45, 7) is 6.92. The van der Waals surface area contributed by atoms with Gasteiger partial charge < -0.3 is 11.1 Å². The number of amides is 1. The third-order valence-electron chi connectivity index (χ3n) is 4.39. The smallest absolute Gasteiger partial charge is 0.270 e. The summed E-state index contributed by atoms with van der Waals surface area (Å²) < 4.78 is 0. The molecule has 134 valence electrons. The van der Waals surface area contributed by atoms with Gasteiger partial charge in [-0.15, -0.1) is 11.3 Å². The van der Waals surface area contributed by atoms with E-state index in [0.29, 0.717) is 5.69 Å². The number of aromatic nitrogens is 2. The molecule has 1 atom stereocenters. The normalized spacial score (nSPS) is 18.4. The molecule has 0 saturated carbocycles. The van der Waals surface area contributed by atoms with Crippen LogP contribution in [-0.4, -0.2) is 39.9 Å². The average Bonchev–Trinajstić information content (AvgIpc) is 3.07. The highest BCUT2D eigenvalue weighted by Crippen LogP contribution is 2.18. The molecule has 0 aliphatic carbocycles. The molecule has 0 aromatic carbocycles. The second-order valence-corrected chi connectivity index (χ2v) is 7.85. The fourth-order valence-corrected chi connectivity index (χ4v) is 3.84. The number of thiophene rings is 1. The number of hydrogen-bond acceptors (Lipinski definition) is 6. The lowest BCUT2D eigenvalue weighted by Crippen LogP contribution is -2.47. The summed E-state index contributed by atoms with van der Waals surface area (Å²) in [4.78, 5) is 24.6. The van der Waals surface area contributed by atoms with Crippen LogP contribution in [0.4, 0.5) is 5.95 Å². The van der Waals surface area contributed by atoms with Crippen molar-refractivity contribution in [3.8, 4) is 0 Å². The molecule has 6 nitrogen and oxygen atoms in total. The quantitative estimate of drug-likeness (QED) is 0.857. The molecule has 1 aliphatic heterocycles. The number of nitrogens with zero attached hydrogens (tertiary/aromatic N) is 3. The Kier molecular flexibility index (Phi) is 5.65. The molecule has 2 aromatic rings. The molecule has 0 unspecified atom stereocenters. The lowest BCUT2D eigenvalue weighted by Gasteiger charge is -2.32. The second-order valence-electron chi connectivity index (χ2n) is 6.82. The zero-order valence-electron chi connectivity index (χ0n) is 14.7. The van der Waals surface area contributed by atoms with Crippen LogP contribution in [0, 0.1) is 0 Å². The van der Waals surface area contributed by atoms with Crippen molar-refractivity contribution in [3.05, 3.63) is 39.8 Å². The van der Waals surface area contributed by atoms with E-state index in [4.69, 9.17) is 5.73 Å². The molecule has 25 heavy (non-hydrogen) atoms. The summed E-state index contributed by atoms with van der Waals surface area (Å²) in [6.07, 6.45) is 2.07. The van der Waals surface area contributed by atoms with Crippen LogP contribution >= 0.6 is 11.3 Å². The Morgan fingerprint density at radius 3 is 3.04 bits per heavy atom. The number of anilines is 1. The summed E-state index contributed by atoms with van der Waals surface area (Å²) in [5.41, 5.74) is 6.90. The van der Waals surface area contributed by atoms with E-state index in [2.05, 4.69) is 37.7 Å². The van der Waals surface area contributed by atoms with Gasteiger partial charge in [0.2, 0.25) is 5.95 Å². The van der Waals surface area contributed by atoms with E-state index < -0.39 is 0 Å². The average molecular weight is 359 g/mol. The predicted molar refractivity (Wildman–Crippen MR) is 101 cm³/mol. The molecule has 7 heteroatoms. The van der Waals surface area contributed by atoms with Gasteiger partial charge in [-0.1, -0.05) is 19.9 Å².